The molecule has 5 rings (SSSR count). The summed E-state index contributed by atoms with van der Waals surface area (Å²) >= 11 is 0. The van der Waals surface area contributed by atoms with Gasteiger partial charge in [-0.05, 0) is 92.8 Å². The molecule has 1 aromatic heterocycles. The van der Waals surface area contributed by atoms with Crippen LogP contribution in [0.1, 0.15) is 46.3 Å². The van der Waals surface area contributed by atoms with E-state index in [0.717, 1.165) is 50.9 Å². The van der Waals surface area contributed by atoms with Crippen molar-refractivity contribution < 1.29 is 9.53 Å². The summed E-state index contributed by atoms with van der Waals surface area (Å²) in [6, 6.07) is 7.92. The van der Waals surface area contributed by atoms with E-state index in [0.29, 0.717) is 17.4 Å². The van der Waals surface area contributed by atoms with E-state index in [4.69, 9.17) is 4.74 Å². The van der Waals surface area contributed by atoms with Crippen LogP contribution >= 0.6 is 12.4 Å². The first-order valence-corrected chi connectivity index (χ1v) is 11.4. The number of halogens is 1. The second-order valence-electron chi connectivity index (χ2n) is 9.32. The molecule has 1 saturated heterocycles. The summed E-state index contributed by atoms with van der Waals surface area (Å²) in [4.78, 5) is 26.8. The first-order valence-electron chi connectivity index (χ1n) is 11.4. The molecule has 6 nitrogen and oxygen atoms in total. The lowest BCUT2D eigenvalue weighted by Crippen LogP contribution is -2.51. The number of ether oxygens (including phenoxy) is 1. The number of aromatic nitrogens is 1. The Labute approximate surface area is 195 Å². The van der Waals surface area contributed by atoms with Gasteiger partial charge in [0, 0.05) is 13.3 Å². The number of hydrogen-bond acceptors (Lipinski definition) is 4. The van der Waals surface area contributed by atoms with Gasteiger partial charge in [-0.2, -0.15) is 0 Å². The van der Waals surface area contributed by atoms with Gasteiger partial charge in [0.1, 0.15) is 5.56 Å². The molecular weight excluding hydrogens is 426 g/mol. The number of pyridine rings is 1. The average Bonchev–Trinajstić information content (AvgIpc) is 3.42. The zero-order valence-corrected chi connectivity index (χ0v) is 19.5. The third-order valence-corrected chi connectivity index (χ3v) is 7.55. The number of benzene rings is 1. The maximum atomic E-state index is 13.5. The van der Waals surface area contributed by atoms with Gasteiger partial charge in [-0.15, -0.1) is 12.4 Å². The highest BCUT2D eigenvalue weighted by Gasteiger charge is 2.40. The van der Waals surface area contributed by atoms with Crippen LogP contribution in [0.4, 0.5) is 0 Å². The lowest BCUT2D eigenvalue weighted by molar-refractivity contribution is 0.0125. The van der Waals surface area contributed by atoms with Crippen LogP contribution < -0.4 is 16.2 Å². The minimum absolute atomic E-state index is 0. The predicted molar refractivity (Wildman–Crippen MR) is 127 cm³/mol. The van der Waals surface area contributed by atoms with Crippen molar-refractivity contribution in [2.45, 2.75) is 51.2 Å². The highest BCUT2D eigenvalue weighted by atomic mass is 35.5. The molecule has 2 aliphatic carbocycles. The number of amides is 1. The largest absolute Gasteiger partial charge is 0.379 e. The minimum Gasteiger partial charge on any atom is -0.379 e. The van der Waals surface area contributed by atoms with Crippen molar-refractivity contribution in [3.63, 3.8) is 0 Å². The lowest BCUT2D eigenvalue weighted by atomic mass is 9.77. The Morgan fingerprint density at radius 2 is 1.94 bits per heavy atom. The fourth-order valence-corrected chi connectivity index (χ4v) is 5.85. The molecule has 0 bridgehead atoms. The number of rotatable bonds is 4. The van der Waals surface area contributed by atoms with Crippen molar-refractivity contribution in [3.8, 4) is 5.69 Å². The molecule has 2 heterocycles. The summed E-state index contributed by atoms with van der Waals surface area (Å²) < 4.78 is 7.38. The number of nitrogens with one attached hydrogen (secondary N) is 2. The second kappa shape index (κ2) is 9.38. The summed E-state index contributed by atoms with van der Waals surface area (Å²) in [6.07, 6.45) is 6.73. The molecule has 2 fully saturated rings. The molecule has 7 heteroatoms. The average molecular weight is 458 g/mol. The Kier molecular flexibility index (Phi) is 6.75. The number of fused-ring (bicyclic) bond motifs is 2. The van der Waals surface area contributed by atoms with Gasteiger partial charge < -0.3 is 15.4 Å². The molecule has 0 unspecified atom stereocenters. The Balaban J connectivity index is 0.00000245. The van der Waals surface area contributed by atoms with Gasteiger partial charge in [0.15, 0.2) is 0 Å². The first-order chi connectivity index (χ1) is 15.1. The molecule has 172 valence electrons. The van der Waals surface area contributed by atoms with Crippen LogP contribution in [-0.2, 0) is 17.6 Å². The highest BCUT2D eigenvalue weighted by molar-refractivity contribution is 5.95. The summed E-state index contributed by atoms with van der Waals surface area (Å²) in [5.41, 5.74) is 4.13. The molecular formula is C25H32ClN3O3. The molecule has 0 radical (unpaired) electrons. The Bertz CT molecular complexity index is 1070. The topological polar surface area (TPSA) is 72.4 Å². The second-order valence-corrected chi connectivity index (χ2v) is 9.32. The van der Waals surface area contributed by atoms with E-state index in [1.165, 1.54) is 11.1 Å². The fraction of sp³-hybridized carbons (Fsp3) is 0.520. The number of aryl methyl sites for hydroxylation is 2. The molecule has 1 amide bonds. The number of hydrogen-bond donors (Lipinski definition) is 2. The standard InChI is InChI=1S/C25H31N3O3.ClH/c1-15-9-10-28(21-8-4-6-16-5-3-7-19(16)21)25(30)23(15)24(29)27-20-11-17-13-26-14-18(17)12-22(20)31-2;/h4,6,8-10,17-18,20,22,26H,3,5,7,11-14H2,1-2H3,(H,27,29);1H/t17-,18+,20-,22-;/m0./s1. The van der Waals surface area contributed by atoms with E-state index in [1.54, 1.807) is 17.9 Å². The van der Waals surface area contributed by atoms with Crippen LogP contribution in [0.25, 0.3) is 5.69 Å². The third-order valence-electron chi connectivity index (χ3n) is 7.55. The molecule has 2 N–H and O–H groups in total. The zero-order valence-electron chi connectivity index (χ0n) is 18.7. The molecule has 1 saturated carbocycles. The van der Waals surface area contributed by atoms with Gasteiger partial charge >= 0.3 is 0 Å². The van der Waals surface area contributed by atoms with Gasteiger partial charge in [0.2, 0.25) is 0 Å². The lowest BCUT2D eigenvalue weighted by Gasteiger charge is -2.37. The molecule has 2 aromatic rings. The maximum absolute atomic E-state index is 13.5. The quantitative estimate of drug-likeness (QED) is 0.740. The summed E-state index contributed by atoms with van der Waals surface area (Å²) in [6.45, 7) is 3.85. The SMILES string of the molecule is CO[C@H]1C[C@@H]2CNC[C@@H]2C[C@@H]1NC(=O)c1c(C)ccn(-c2cccc3c2CCC3)c1=O.Cl. The molecule has 1 aliphatic heterocycles. The molecule has 0 spiro atoms. The van der Waals surface area contributed by atoms with E-state index in [2.05, 4.69) is 16.7 Å². The maximum Gasteiger partial charge on any atom is 0.268 e. The van der Waals surface area contributed by atoms with Crippen molar-refractivity contribution in [3.05, 3.63) is 63.1 Å². The fourth-order valence-electron chi connectivity index (χ4n) is 5.85. The van der Waals surface area contributed by atoms with Crippen molar-refractivity contribution in [2.75, 3.05) is 20.2 Å². The molecule has 1 aromatic carbocycles. The number of methoxy groups -OCH3 is 1. The van der Waals surface area contributed by atoms with Gasteiger partial charge in [0.05, 0.1) is 17.8 Å². The zero-order chi connectivity index (χ0) is 21.5. The van der Waals surface area contributed by atoms with Crippen LogP contribution in [0.3, 0.4) is 0 Å². The van der Waals surface area contributed by atoms with Crippen LogP contribution in [0.5, 0.6) is 0 Å². The minimum atomic E-state index is -0.291. The monoisotopic (exact) mass is 457 g/mol. The Morgan fingerprint density at radius 1 is 1.16 bits per heavy atom. The smallest absolute Gasteiger partial charge is 0.268 e. The summed E-state index contributed by atoms with van der Waals surface area (Å²) in [7, 11) is 1.71. The number of nitrogens with zero attached hydrogens (tertiary/aromatic N) is 1. The highest BCUT2D eigenvalue weighted by Crippen LogP contribution is 2.34. The van der Waals surface area contributed by atoms with E-state index >= 15 is 0 Å². The summed E-state index contributed by atoms with van der Waals surface area (Å²) in [5.74, 6) is 0.868. The Hall–Kier alpha value is -2.15. The van der Waals surface area contributed by atoms with Crippen molar-refractivity contribution in [1.29, 1.82) is 0 Å². The predicted octanol–water partition coefficient (Wildman–Crippen LogP) is 2.80. The van der Waals surface area contributed by atoms with E-state index in [1.807, 2.05) is 25.1 Å². The van der Waals surface area contributed by atoms with E-state index < -0.39 is 0 Å². The normalized spacial score (nSPS) is 26.2. The molecule has 4 atom stereocenters. The van der Waals surface area contributed by atoms with E-state index in [-0.39, 0.29) is 41.6 Å². The molecule has 32 heavy (non-hydrogen) atoms. The van der Waals surface area contributed by atoms with Gasteiger partial charge in [0.25, 0.3) is 11.5 Å². The Morgan fingerprint density at radius 3 is 2.72 bits per heavy atom. The van der Waals surface area contributed by atoms with Gasteiger partial charge in [-0.25, -0.2) is 0 Å². The van der Waals surface area contributed by atoms with Crippen LogP contribution in [-0.4, -0.2) is 42.8 Å². The molecule has 3 aliphatic rings. The number of carbonyl (C=O) groups excluding carboxylic acids is 1. The van der Waals surface area contributed by atoms with Gasteiger partial charge in [-0.3, -0.25) is 14.2 Å². The first kappa shape index (κ1) is 23.0. The number of carbonyl (C=O) groups is 1. The third kappa shape index (κ3) is 4.00. The summed E-state index contributed by atoms with van der Waals surface area (Å²) in [5, 5.41) is 6.61. The van der Waals surface area contributed by atoms with Crippen LogP contribution in [0.2, 0.25) is 0 Å². The van der Waals surface area contributed by atoms with Gasteiger partial charge in [-0.1, -0.05) is 12.1 Å². The van der Waals surface area contributed by atoms with Crippen molar-refractivity contribution >= 4 is 18.3 Å². The van der Waals surface area contributed by atoms with Crippen molar-refractivity contribution in [1.82, 2.24) is 15.2 Å². The van der Waals surface area contributed by atoms with Crippen LogP contribution in [0.15, 0.2) is 35.3 Å². The van der Waals surface area contributed by atoms with Crippen molar-refractivity contribution in [2.24, 2.45) is 11.8 Å². The van der Waals surface area contributed by atoms with E-state index in [9.17, 15) is 9.59 Å². The van der Waals surface area contributed by atoms with Crippen LogP contribution in [0, 0.1) is 18.8 Å².